The van der Waals surface area contributed by atoms with Gasteiger partial charge < -0.3 is 10.4 Å². The van der Waals surface area contributed by atoms with Gasteiger partial charge in [0.05, 0.1) is 17.4 Å². The molecule has 1 heterocycles. The number of carboxylic acid groups (broad SMARTS) is 1. The molecule has 1 aliphatic rings. The normalized spacial score (nSPS) is 19.3. The summed E-state index contributed by atoms with van der Waals surface area (Å²) < 4.78 is 1.91. The Morgan fingerprint density at radius 2 is 2.20 bits per heavy atom. The fourth-order valence-corrected chi connectivity index (χ4v) is 3.72. The van der Waals surface area contributed by atoms with Gasteiger partial charge in [-0.05, 0) is 37.5 Å². The van der Waals surface area contributed by atoms with E-state index < -0.39 is 5.97 Å². The summed E-state index contributed by atoms with van der Waals surface area (Å²) in [5.41, 5.74) is 1.87. The Kier molecular flexibility index (Phi) is 5.34. The van der Waals surface area contributed by atoms with Crippen molar-refractivity contribution in [2.45, 2.75) is 31.0 Å². The van der Waals surface area contributed by atoms with Crippen LogP contribution in [0.3, 0.4) is 0 Å². The predicted octanol–water partition coefficient (Wildman–Crippen LogP) is 2.91. The monoisotopic (exact) mass is 379 g/mol. The molecule has 1 aliphatic carbocycles. The van der Waals surface area contributed by atoms with Crippen LogP contribution in [-0.2, 0) is 9.59 Å². The molecule has 0 bridgehead atoms. The third kappa shape index (κ3) is 3.99. The maximum absolute atomic E-state index is 12.0. The molecule has 132 valence electrons. The van der Waals surface area contributed by atoms with Gasteiger partial charge in [-0.3, -0.25) is 14.2 Å². The smallest absolute Gasteiger partial charge is 0.306 e. The SMILES string of the molecule is Cc1c(Cl)cccc1-n1ccnc1SCC(=O)NC1CC(C(=O)O)C1. The maximum Gasteiger partial charge on any atom is 0.306 e. The average Bonchev–Trinajstić information content (AvgIpc) is 2.99. The predicted molar refractivity (Wildman–Crippen MR) is 96.3 cm³/mol. The summed E-state index contributed by atoms with van der Waals surface area (Å²) in [7, 11) is 0. The van der Waals surface area contributed by atoms with Crippen LogP contribution in [0.2, 0.25) is 5.02 Å². The third-order valence-corrected chi connectivity index (χ3v) is 5.67. The van der Waals surface area contributed by atoms with Crippen LogP contribution in [0.5, 0.6) is 0 Å². The van der Waals surface area contributed by atoms with E-state index in [4.69, 9.17) is 16.7 Å². The molecule has 2 aromatic rings. The fourth-order valence-electron chi connectivity index (χ4n) is 2.77. The summed E-state index contributed by atoms with van der Waals surface area (Å²) in [6.45, 7) is 1.94. The molecule has 0 unspecified atom stereocenters. The van der Waals surface area contributed by atoms with Gasteiger partial charge in [-0.25, -0.2) is 4.98 Å². The number of thioether (sulfide) groups is 1. The lowest BCUT2D eigenvalue weighted by Gasteiger charge is -2.32. The van der Waals surface area contributed by atoms with Crippen molar-refractivity contribution in [3.8, 4) is 5.69 Å². The van der Waals surface area contributed by atoms with Gasteiger partial charge in [0.2, 0.25) is 5.91 Å². The Hall–Kier alpha value is -1.99. The molecular formula is C17H18ClN3O3S. The van der Waals surface area contributed by atoms with Crippen LogP contribution in [0.4, 0.5) is 0 Å². The van der Waals surface area contributed by atoms with Gasteiger partial charge in [0.25, 0.3) is 0 Å². The largest absolute Gasteiger partial charge is 0.481 e. The summed E-state index contributed by atoms with van der Waals surface area (Å²) >= 11 is 7.51. The Bertz CT molecular complexity index is 802. The highest BCUT2D eigenvalue weighted by molar-refractivity contribution is 7.99. The molecular weight excluding hydrogens is 362 g/mol. The Balaban J connectivity index is 1.58. The number of imidazole rings is 1. The second-order valence-corrected chi connectivity index (χ2v) is 7.37. The van der Waals surface area contributed by atoms with Gasteiger partial charge in [0.15, 0.2) is 5.16 Å². The average molecular weight is 380 g/mol. The molecule has 1 saturated carbocycles. The first-order valence-electron chi connectivity index (χ1n) is 7.89. The van der Waals surface area contributed by atoms with Crippen molar-refractivity contribution in [3.63, 3.8) is 0 Å². The number of hydrogen-bond donors (Lipinski definition) is 2. The topological polar surface area (TPSA) is 84.2 Å². The van der Waals surface area contributed by atoms with Crippen molar-refractivity contribution in [1.29, 1.82) is 0 Å². The van der Waals surface area contributed by atoms with Crippen molar-refractivity contribution in [1.82, 2.24) is 14.9 Å². The number of aliphatic carboxylic acids is 1. The molecule has 0 aliphatic heterocycles. The zero-order chi connectivity index (χ0) is 18.0. The van der Waals surface area contributed by atoms with E-state index in [-0.39, 0.29) is 23.6 Å². The molecule has 6 nitrogen and oxygen atoms in total. The van der Waals surface area contributed by atoms with Crippen LogP contribution in [0.25, 0.3) is 5.69 Å². The van der Waals surface area contributed by atoms with Crippen molar-refractivity contribution in [2.75, 3.05) is 5.75 Å². The Labute approximate surface area is 154 Å². The molecule has 8 heteroatoms. The number of hydrogen-bond acceptors (Lipinski definition) is 4. The molecule has 0 radical (unpaired) electrons. The van der Waals surface area contributed by atoms with Crippen LogP contribution in [-0.4, -0.2) is 38.3 Å². The molecule has 0 spiro atoms. The molecule has 1 aromatic carbocycles. The van der Waals surface area contributed by atoms with Crippen molar-refractivity contribution in [2.24, 2.45) is 5.92 Å². The van der Waals surface area contributed by atoms with Crippen molar-refractivity contribution < 1.29 is 14.7 Å². The highest BCUT2D eigenvalue weighted by Crippen LogP contribution is 2.28. The van der Waals surface area contributed by atoms with E-state index in [0.29, 0.717) is 23.0 Å². The number of benzene rings is 1. The van der Waals surface area contributed by atoms with E-state index in [1.807, 2.05) is 35.9 Å². The number of amides is 1. The number of carboxylic acids is 1. The van der Waals surface area contributed by atoms with Gasteiger partial charge in [-0.15, -0.1) is 0 Å². The summed E-state index contributed by atoms with van der Waals surface area (Å²) in [5, 5.41) is 13.1. The van der Waals surface area contributed by atoms with Gasteiger partial charge in [0.1, 0.15) is 0 Å². The molecule has 3 rings (SSSR count). The first-order chi connectivity index (χ1) is 12.0. The number of aromatic nitrogens is 2. The van der Waals surface area contributed by atoms with E-state index in [9.17, 15) is 9.59 Å². The molecule has 1 amide bonds. The van der Waals surface area contributed by atoms with E-state index in [1.54, 1.807) is 6.20 Å². The highest BCUT2D eigenvalue weighted by Gasteiger charge is 2.35. The van der Waals surface area contributed by atoms with Crippen LogP contribution >= 0.6 is 23.4 Å². The first-order valence-corrected chi connectivity index (χ1v) is 9.26. The lowest BCUT2D eigenvalue weighted by molar-refractivity contribution is -0.146. The van der Waals surface area contributed by atoms with E-state index in [2.05, 4.69) is 10.3 Å². The Morgan fingerprint density at radius 1 is 1.44 bits per heavy atom. The van der Waals surface area contributed by atoms with Crippen LogP contribution < -0.4 is 5.32 Å². The number of carbonyl (C=O) groups excluding carboxylic acids is 1. The van der Waals surface area contributed by atoms with E-state index in [0.717, 1.165) is 11.3 Å². The van der Waals surface area contributed by atoms with E-state index in [1.165, 1.54) is 11.8 Å². The number of rotatable bonds is 6. The zero-order valence-electron chi connectivity index (χ0n) is 13.6. The standard InChI is InChI=1S/C17H18ClN3O3S/c1-10-13(18)3-2-4-14(10)21-6-5-19-17(21)25-9-15(22)20-12-7-11(8-12)16(23)24/h2-6,11-12H,7-9H2,1H3,(H,20,22)(H,23,24). The summed E-state index contributed by atoms with van der Waals surface area (Å²) in [4.78, 5) is 27.1. The molecule has 0 atom stereocenters. The molecule has 1 aromatic heterocycles. The Morgan fingerprint density at radius 3 is 2.92 bits per heavy atom. The minimum atomic E-state index is -0.793. The summed E-state index contributed by atoms with van der Waals surface area (Å²) in [5.74, 6) is -1.01. The fraction of sp³-hybridized carbons (Fsp3) is 0.353. The first kappa shape index (κ1) is 17.8. The second kappa shape index (κ2) is 7.49. The lowest BCUT2D eigenvalue weighted by atomic mass is 9.80. The number of nitrogens with zero attached hydrogens (tertiary/aromatic N) is 2. The van der Waals surface area contributed by atoms with E-state index >= 15 is 0 Å². The van der Waals surface area contributed by atoms with Crippen LogP contribution in [0.15, 0.2) is 35.7 Å². The third-order valence-electron chi connectivity index (χ3n) is 4.29. The quantitative estimate of drug-likeness (QED) is 0.754. The molecule has 25 heavy (non-hydrogen) atoms. The maximum atomic E-state index is 12.0. The van der Waals surface area contributed by atoms with Crippen molar-refractivity contribution in [3.05, 3.63) is 41.2 Å². The zero-order valence-corrected chi connectivity index (χ0v) is 15.2. The van der Waals surface area contributed by atoms with Gasteiger partial charge >= 0.3 is 5.97 Å². The lowest BCUT2D eigenvalue weighted by Crippen LogP contribution is -2.47. The summed E-state index contributed by atoms with van der Waals surface area (Å²) in [6, 6.07) is 5.62. The molecule has 2 N–H and O–H groups in total. The van der Waals surface area contributed by atoms with Crippen molar-refractivity contribution >= 4 is 35.2 Å². The van der Waals surface area contributed by atoms with Gasteiger partial charge in [-0.1, -0.05) is 29.4 Å². The molecule has 1 fully saturated rings. The van der Waals surface area contributed by atoms with Gasteiger partial charge in [-0.2, -0.15) is 0 Å². The summed E-state index contributed by atoms with van der Waals surface area (Å²) in [6.07, 6.45) is 4.52. The molecule has 0 saturated heterocycles. The minimum absolute atomic E-state index is 0.0379. The highest BCUT2D eigenvalue weighted by atomic mass is 35.5. The van der Waals surface area contributed by atoms with Crippen LogP contribution in [0.1, 0.15) is 18.4 Å². The number of nitrogens with one attached hydrogen (secondary N) is 1. The van der Waals surface area contributed by atoms with Crippen LogP contribution in [0, 0.1) is 12.8 Å². The van der Waals surface area contributed by atoms with Gasteiger partial charge in [0, 0.05) is 23.5 Å². The number of carbonyl (C=O) groups is 2. The number of halogens is 1. The minimum Gasteiger partial charge on any atom is -0.481 e. The second-order valence-electron chi connectivity index (χ2n) is 6.02.